The first-order chi connectivity index (χ1) is 13.9. The summed E-state index contributed by atoms with van der Waals surface area (Å²) in [6, 6.07) is 16.1. The molecular formula is C23H26N2O3S. The number of carbonyl (C=O) groups is 1. The summed E-state index contributed by atoms with van der Waals surface area (Å²) >= 11 is 1.64. The third kappa shape index (κ3) is 7.00. The molecule has 5 nitrogen and oxygen atoms in total. The molecule has 2 aromatic carbocycles. The second kappa shape index (κ2) is 9.67. The average molecular weight is 411 g/mol. The van der Waals surface area contributed by atoms with Gasteiger partial charge in [-0.05, 0) is 44.0 Å². The summed E-state index contributed by atoms with van der Waals surface area (Å²) < 4.78 is 10.8. The summed E-state index contributed by atoms with van der Waals surface area (Å²) in [5.41, 5.74) is 2.93. The van der Waals surface area contributed by atoms with Crippen molar-refractivity contribution in [1.29, 1.82) is 0 Å². The number of ether oxygens (including phenoxy) is 2. The smallest absolute Gasteiger partial charge is 0.344 e. The molecule has 0 radical (unpaired) electrons. The number of hydrogen-bond acceptors (Lipinski definition) is 6. The minimum atomic E-state index is -0.509. The summed E-state index contributed by atoms with van der Waals surface area (Å²) in [6.45, 7) is 6.88. The standard InChI is InChI=1S/C23H26N2O3S/c1-23(2,3)28-21(26)16-27-20-6-4-5-18(13-20)15-24-14-17-7-9-19(10-8-17)22-25-11-12-29-22/h4-13,24H,14-16H2,1-3H3. The highest BCUT2D eigenvalue weighted by atomic mass is 32.1. The molecule has 3 rings (SSSR count). The fourth-order valence-electron chi connectivity index (χ4n) is 2.74. The Balaban J connectivity index is 1.46. The number of nitrogens with zero attached hydrogens (tertiary/aromatic N) is 1. The van der Waals surface area contributed by atoms with Gasteiger partial charge in [0, 0.05) is 30.2 Å². The molecule has 1 heterocycles. The summed E-state index contributed by atoms with van der Waals surface area (Å²) in [4.78, 5) is 16.1. The molecule has 0 bridgehead atoms. The maximum Gasteiger partial charge on any atom is 0.344 e. The molecule has 0 aliphatic rings. The molecule has 3 aromatic rings. The van der Waals surface area contributed by atoms with Gasteiger partial charge in [0.05, 0.1) is 0 Å². The number of carbonyl (C=O) groups excluding carboxylic acids is 1. The van der Waals surface area contributed by atoms with E-state index < -0.39 is 5.60 Å². The van der Waals surface area contributed by atoms with Crippen molar-refractivity contribution in [1.82, 2.24) is 10.3 Å². The van der Waals surface area contributed by atoms with Crippen LogP contribution in [0, 0.1) is 0 Å². The van der Waals surface area contributed by atoms with Crippen molar-refractivity contribution < 1.29 is 14.3 Å². The maximum atomic E-state index is 11.8. The Morgan fingerprint density at radius 1 is 1.07 bits per heavy atom. The van der Waals surface area contributed by atoms with E-state index in [2.05, 4.69) is 34.6 Å². The number of rotatable bonds is 8. The molecule has 1 aromatic heterocycles. The zero-order valence-corrected chi connectivity index (χ0v) is 17.8. The number of aromatic nitrogens is 1. The van der Waals surface area contributed by atoms with Gasteiger partial charge in [0.25, 0.3) is 0 Å². The molecule has 0 aliphatic heterocycles. The summed E-state index contributed by atoms with van der Waals surface area (Å²) in [7, 11) is 0. The molecule has 0 amide bonds. The molecule has 0 fully saturated rings. The van der Waals surface area contributed by atoms with E-state index in [1.165, 1.54) is 5.56 Å². The van der Waals surface area contributed by atoms with Crippen LogP contribution < -0.4 is 10.1 Å². The topological polar surface area (TPSA) is 60.5 Å². The molecule has 1 N–H and O–H groups in total. The van der Waals surface area contributed by atoms with E-state index in [1.807, 2.05) is 56.6 Å². The molecule has 0 saturated heterocycles. The van der Waals surface area contributed by atoms with Gasteiger partial charge in [0.1, 0.15) is 16.4 Å². The minimum absolute atomic E-state index is 0.0976. The zero-order chi connectivity index (χ0) is 20.7. The van der Waals surface area contributed by atoms with Gasteiger partial charge in [-0.2, -0.15) is 0 Å². The Morgan fingerprint density at radius 3 is 2.52 bits per heavy atom. The lowest BCUT2D eigenvalue weighted by molar-refractivity contribution is -0.157. The first kappa shape index (κ1) is 21.0. The van der Waals surface area contributed by atoms with Gasteiger partial charge in [-0.15, -0.1) is 11.3 Å². The summed E-state index contributed by atoms with van der Waals surface area (Å²) in [5, 5.41) is 6.45. The Hall–Kier alpha value is -2.70. The van der Waals surface area contributed by atoms with Crippen molar-refractivity contribution in [3.63, 3.8) is 0 Å². The maximum absolute atomic E-state index is 11.8. The van der Waals surface area contributed by atoms with Crippen LogP contribution >= 0.6 is 11.3 Å². The fourth-order valence-corrected chi connectivity index (χ4v) is 3.39. The highest BCUT2D eigenvalue weighted by molar-refractivity contribution is 7.13. The molecule has 0 unspecified atom stereocenters. The number of benzene rings is 2. The van der Waals surface area contributed by atoms with Crippen molar-refractivity contribution in [2.75, 3.05) is 6.61 Å². The summed E-state index contributed by atoms with van der Waals surface area (Å²) in [5.74, 6) is 0.283. The van der Waals surface area contributed by atoms with Gasteiger partial charge in [-0.25, -0.2) is 9.78 Å². The predicted octanol–water partition coefficient (Wildman–Crippen LogP) is 4.82. The van der Waals surface area contributed by atoms with E-state index in [0.29, 0.717) is 12.3 Å². The Morgan fingerprint density at radius 2 is 1.83 bits per heavy atom. The Bertz CT molecular complexity index is 916. The molecule has 0 saturated carbocycles. The predicted molar refractivity (Wildman–Crippen MR) is 116 cm³/mol. The molecule has 152 valence electrons. The lowest BCUT2D eigenvalue weighted by Crippen LogP contribution is -2.27. The van der Waals surface area contributed by atoms with Crippen molar-refractivity contribution in [3.8, 4) is 16.3 Å². The van der Waals surface area contributed by atoms with Crippen LogP contribution in [0.2, 0.25) is 0 Å². The van der Waals surface area contributed by atoms with Gasteiger partial charge in [0.15, 0.2) is 6.61 Å². The third-order valence-corrected chi connectivity index (χ3v) is 4.79. The van der Waals surface area contributed by atoms with E-state index in [1.54, 1.807) is 11.3 Å². The monoisotopic (exact) mass is 410 g/mol. The highest BCUT2D eigenvalue weighted by Gasteiger charge is 2.16. The van der Waals surface area contributed by atoms with Crippen LogP contribution in [0.25, 0.3) is 10.6 Å². The number of thiazole rings is 1. The molecular weight excluding hydrogens is 384 g/mol. The first-order valence-electron chi connectivity index (χ1n) is 9.52. The summed E-state index contributed by atoms with van der Waals surface area (Å²) in [6.07, 6.45) is 1.82. The van der Waals surface area contributed by atoms with Crippen LogP contribution in [-0.2, 0) is 22.6 Å². The lowest BCUT2D eigenvalue weighted by atomic mass is 10.1. The normalized spacial score (nSPS) is 11.3. The van der Waals surface area contributed by atoms with Gasteiger partial charge in [0.2, 0.25) is 0 Å². The molecule has 6 heteroatoms. The van der Waals surface area contributed by atoms with Crippen LogP contribution in [0.4, 0.5) is 0 Å². The van der Waals surface area contributed by atoms with E-state index in [4.69, 9.17) is 9.47 Å². The van der Waals surface area contributed by atoms with Crippen molar-refractivity contribution in [2.45, 2.75) is 39.5 Å². The van der Waals surface area contributed by atoms with E-state index in [0.717, 1.165) is 22.7 Å². The van der Waals surface area contributed by atoms with Crippen LogP contribution in [0.1, 0.15) is 31.9 Å². The van der Waals surface area contributed by atoms with Crippen molar-refractivity contribution in [3.05, 3.63) is 71.2 Å². The lowest BCUT2D eigenvalue weighted by Gasteiger charge is -2.19. The highest BCUT2D eigenvalue weighted by Crippen LogP contribution is 2.22. The van der Waals surface area contributed by atoms with E-state index in [9.17, 15) is 4.79 Å². The number of esters is 1. The minimum Gasteiger partial charge on any atom is -0.482 e. The van der Waals surface area contributed by atoms with Gasteiger partial charge >= 0.3 is 5.97 Å². The molecule has 29 heavy (non-hydrogen) atoms. The molecule has 0 atom stereocenters. The van der Waals surface area contributed by atoms with E-state index in [-0.39, 0.29) is 12.6 Å². The van der Waals surface area contributed by atoms with Crippen LogP contribution in [0.5, 0.6) is 5.75 Å². The van der Waals surface area contributed by atoms with Crippen LogP contribution in [-0.4, -0.2) is 23.2 Å². The van der Waals surface area contributed by atoms with Gasteiger partial charge in [-0.1, -0.05) is 36.4 Å². The largest absolute Gasteiger partial charge is 0.482 e. The molecule has 0 spiro atoms. The Labute approximate surface area is 175 Å². The van der Waals surface area contributed by atoms with Crippen molar-refractivity contribution >= 4 is 17.3 Å². The second-order valence-electron chi connectivity index (χ2n) is 7.66. The number of nitrogens with one attached hydrogen (secondary N) is 1. The first-order valence-corrected chi connectivity index (χ1v) is 10.4. The zero-order valence-electron chi connectivity index (χ0n) is 17.0. The average Bonchev–Trinajstić information content (AvgIpc) is 3.21. The van der Waals surface area contributed by atoms with Crippen LogP contribution in [0.15, 0.2) is 60.1 Å². The van der Waals surface area contributed by atoms with Gasteiger partial charge < -0.3 is 14.8 Å². The Kier molecular flexibility index (Phi) is 7.01. The quantitative estimate of drug-likeness (QED) is 0.540. The van der Waals surface area contributed by atoms with Gasteiger partial charge in [-0.3, -0.25) is 0 Å². The van der Waals surface area contributed by atoms with Crippen molar-refractivity contribution in [2.24, 2.45) is 0 Å². The van der Waals surface area contributed by atoms with E-state index >= 15 is 0 Å². The van der Waals surface area contributed by atoms with Crippen LogP contribution in [0.3, 0.4) is 0 Å². The number of hydrogen-bond donors (Lipinski definition) is 1. The SMILES string of the molecule is CC(C)(C)OC(=O)COc1cccc(CNCc2ccc(-c3nccs3)cc2)c1. The molecule has 0 aliphatic carbocycles. The second-order valence-corrected chi connectivity index (χ2v) is 8.55. The fraction of sp³-hybridized carbons (Fsp3) is 0.304. The third-order valence-electron chi connectivity index (χ3n) is 3.97.